The minimum Gasteiger partial charge on any atom is -0.506 e. The number of likely N-dealkylation sites (N-methyl/N-ethyl adjacent to an activating group) is 1. The number of phenols is 1. The highest BCUT2D eigenvalue weighted by Gasteiger charge is 2.22. The van der Waals surface area contributed by atoms with Gasteiger partial charge in [-0.15, -0.1) is 0 Å². The number of benzene rings is 1. The van der Waals surface area contributed by atoms with Gasteiger partial charge in [-0.2, -0.15) is 0 Å². The average Bonchev–Trinajstić information content (AvgIpc) is 2.64. The second-order valence-electron chi connectivity index (χ2n) is 7.06. The maximum atomic E-state index is 11.4. The molecular weight excluding hydrogens is 318 g/mol. The first-order valence-electron chi connectivity index (χ1n) is 9.33. The fraction of sp³-hybridized carbons (Fsp3) is 0.632. The molecule has 1 aromatic carbocycles. The topological polar surface area (TPSA) is 73.8 Å². The van der Waals surface area contributed by atoms with E-state index in [2.05, 4.69) is 22.6 Å². The number of phenolic OH excluding ortho intramolecular Hbond substituents is 1. The molecule has 1 saturated carbocycles. The number of anilines is 1. The van der Waals surface area contributed by atoms with E-state index in [4.69, 9.17) is 4.74 Å². The second kappa shape index (κ2) is 8.54. The number of aromatic hydroxyl groups is 1. The Bertz CT molecular complexity index is 600. The molecule has 2 aliphatic rings. The Labute approximate surface area is 149 Å². The van der Waals surface area contributed by atoms with Gasteiger partial charge in [0.2, 0.25) is 0 Å². The van der Waals surface area contributed by atoms with E-state index in [9.17, 15) is 9.90 Å². The lowest BCUT2D eigenvalue weighted by atomic mass is 9.94. The number of hydrogen-bond donors (Lipinski definition) is 3. The number of amides is 1. The van der Waals surface area contributed by atoms with Crippen molar-refractivity contribution in [1.29, 1.82) is 0 Å². The van der Waals surface area contributed by atoms with Crippen molar-refractivity contribution in [3.63, 3.8) is 0 Å². The highest BCUT2D eigenvalue weighted by molar-refractivity contribution is 5.97. The number of ether oxygens (including phenoxy) is 1. The average molecular weight is 347 g/mol. The van der Waals surface area contributed by atoms with Gasteiger partial charge < -0.3 is 25.4 Å². The summed E-state index contributed by atoms with van der Waals surface area (Å²) in [5.41, 5.74) is 1.40. The monoisotopic (exact) mass is 347 g/mol. The number of fused-ring (bicyclic) bond motifs is 1. The van der Waals surface area contributed by atoms with Crippen molar-refractivity contribution >= 4 is 11.6 Å². The van der Waals surface area contributed by atoms with Crippen molar-refractivity contribution in [3.8, 4) is 11.5 Å². The first-order chi connectivity index (χ1) is 12.1. The molecule has 6 heteroatoms. The third kappa shape index (κ3) is 4.64. The lowest BCUT2D eigenvalue weighted by Crippen LogP contribution is -2.38. The lowest BCUT2D eigenvalue weighted by molar-refractivity contribution is -0.118. The number of hydrogen-bond acceptors (Lipinski definition) is 5. The summed E-state index contributed by atoms with van der Waals surface area (Å²) in [6.45, 7) is 2.87. The molecule has 0 radical (unpaired) electrons. The fourth-order valence-electron chi connectivity index (χ4n) is 3.72. The molecule has 1 aromatic rings. The predicted molar refractivity (Wildman–Crippen MR) is 98.3 cm³/mol. The molecule has 0 aromatic heterocycles. The van der Waals surface area contributed by atoms with Gasteiger partial charge in [0.25, 0.3) is 5.91 Å². The summed E-state index contributed by atoms with van der Waals surface area (Å²) in [5.74, 6) is 0.415. The molecule has 0 saturated heterocycles. The van der Waals surface area contributed by atoms with E-state index in [0.29, 0.717) is 11.4 Å². The third-order valence-electron chi connectivity index (χ3n) is 5.24. The molecule has 6 nitrogen and oxygen atoms in total. The van der Waals surface area contributed by atoms with Crippen molar-refractivity contribution < 1.29 is 14.6 Å². The number of carbonyl (C=O) groups excluding carboxylic acids is 1. The van der Waals surface area contributed by atoms with Crippen LogP contribution in [0.2, 0.25) is 0 Å². The Kier molecular flexibility index (Phi) is 6.15. The molecule has 1 fully saturated rings. The largest absolute Gasteiger partial charge is 0.506 e. The van der Waals surface area contributed by atoms with Crippen molar-refractivity contribution in [2.24, 2.45) is 0 Å². The predicted octanol–water partition coefficient (Wildman–Crippen LogP) is 2.12. The van der Waals surface area contributed by atoms with Gasteiger partial charge in [0.1, 0.15) is 11.4 Å². The quantitative estimate of drug-likeness (QED) is 0.520. The van der Waals surface area contributed by atoms with Gasteiger partial charge in [-0.05, 0) is 44.5 Å². The van der Waals surface area contributed by atoms with Crippen LogP contribution in [0.1, 0.15) is 37.7 Å². The molecule has 25 heavy (non-hydrogen) atoms. The van der Waals surface area contributed by atoms with Gasteiger partial charge in [-0.25, -0.2) is 0 Å². The van der Waals surface area contributed by atoms with Crippen LogP contribution in [0.5, 0.6) is 11.5 Å². The van der Waals surface area contributed by atoms with E-state index in [1.54, 1.807) is 6.07 Å². The van der Waals surface area contributed by atoms with Crippen LogP contribution in [0, 0.1) is 0 Å². The van der Waals surface area contributed by atoms with E-state index in [0.717, 1.165) is 37.7 Å². The third-order valence-corrected chi connectivity index (χ3v) is 5.24. The summed E-state index contributed by atoms with van der Waals surface area (Å²) in [4.78, 5) is 13.9. The van der Waals surface area contributed by atoms with Gasteiger partial charge in [0, 0.05) is 19.1 Å². The molecule has 1 heterocycles. The normalized spacial score (nSPS) is 17.9. The Morgan fingerprint density at radius 1 is 1.28 bits per heavy atom. The highest BCUT2D eigenvalue weighted by atomic mass is 16.5. The van der Waals surface area contributed by atoms with Crippen LogP contribution in [-0.2, 0) is 11.2 Å². The fourth-order valence-corrected chi connectivity index (χ4v) is 3.72. The summed E-state index contributed by atoms with van der Waals surface area (Å²) < 4.78 is 5.51. The maximum Gasteiger partial charge on any atom is 0.262 e. The van der Waals surface area contributed by atoms with Crippen LogP contribution < -0.4 is 15.4 Å². The van der Waals surface area contributed by atoms with Crippen LogP contribution in [0.3, 0.4) is 0 Å². The van der Waals surface area contributed by atoms with Gasteiger partial charge in [-0.1, -0.05) is 25.3 Å². The summed E-state index contributed by atoms with van der Waals surface area (Å²) in [7, 11) is 2.23. The first-order valence-corrected chi connectivity index (χ1v) is 9.33. The maximum absolute atomic E-state index is 11.4. The van der Waals surface area contributed by atoms with Gasteiger partial charge >= 0.3 is 0 Å². The minimum absolute atomic E-state index is 0.00304. The van der Waals surface area contributed by atoms with Crippen LogP contribution in [0.4, 0.5) is 5.69 Å². The highest BCUT2D eigenvalue weighted by Crippen LogP contribution is 2.39. The van der Waals surface area contributed by atoms with Gasteiger partial charge in [-0.3, -0.25) is 4.79 Å². The zero-order chi connectivity index (χ0) is 17.6. The van der Waals surface area contributed by atoms with Crippen molar-refractivity contribution in [1.82, 2.24) is 10.2 Å². The van der Waals surface area contributed by atoms with E-state index in [1.165, 1.54) is 32.1 Å². The van der Waals surface area contributed by atoms with E-state index in [-0.39, 0.29) is 18.3 Å². The molecule has 0 spiro atoms. The van der Waals surface area contributed by atoms with Crippen LogP contribution in [0.15, 0.2) is 12.1 Å². The molecule has 0 bridgehead atoms. The zero-order valence-electron chi connectivity index (χ0n) is 15.0. The molecule has 1 amide bonds. The van der Waals surface area contributed by atoms with Crippen LogP contribution in [-0.4, -0.2) is 55.2 Å². The molecule has 138 valence electrons. The number of carbonyl (C=O) groups is 1. The zero-order valence-corrected chi connectivity index (χ0v) is 15.0. The van der Waals surface area contributed by atoms with Gasteiger partial charge in [0.15, 0.2) is 12.4 Å². The standard InChI is InChI=1S/C19H29N3O3/c1-22(15-5-3-2-4-6-15)12-11-20-10-9-14-7-8-16(23)18-19(14)25-13-17(24)21-18/h7-8,15,20,23H,2-6,9-13H2,1H3,(H,21,24). The van der Waals surface area contributed by atoms with Crippen molar-refractivity contribution in [3.05, 3.63) is 17.7 Å². The smallest absolute Gasteiger partial charge is 0.262 e. The lowest BCUT2D eigenvalue weighted by Gasteiger charge is -2.31. The summed E-state index contributed by atoms with van der Waals surface area (Å²) in [5, 5.41) is 16.0. The molecule has 0 unspecified atom stereocenters. The van der Waals surface area contributed by atoms with Crippen LogP contribution >= 0.6 is 0 Å². The second-order valence-corrected chi connectivity index (χ2v) is 7.06. The van der Waals surface area contributed by atoms with E-state index >= 15 is 0 Å². The summed E-state index contributed by atoms with van der Waals surface area (Å²) in [6, 6.07) is 4.22. The molecule has 0 atom stereocenters. The Morgan fingerprint density at radius 2 is 2.08 bits per heavy atom. The molecule has 3 N–H and O–H groups in total. The number of nitrogens with one attached hydrogen (secondary N) is 2. The first kappa shape index (κ1) is 18.0. The van der Waals surface area contributed by atoms with E-state index < -0.39 is 0 Å². The molecular formula is C19H29N3O3. The molecule has 1 aliphatic carbocycles. The Balaban J connectivity index is 1.43. The number of nitrogens with zero attached hydrogens (tertiary/aromatic N) is 1. The summed E-state index contributed by atoms with van der Waals surface area (Å²) in [6.07, 6.45) is 7.59. The Morgan fingerprint density at radius 3 is 2.88 bits per heavy atom. The van der Waals surface area contributed by atoms with Crippen molar-refractivity contribution in [2.45, 2.75) is 44.6 Å². The van der Waals surface area contributed by atoms with E-state index in [1.807, 2.05) is 6.07 Å². The molecule has 3 rings (SSSR count). The molecule has 1 aliphatic heterocycles. The van der Waals surface area contributed by atoms with Crippen LogP contribution in [0.25, 0.3) is 0 Å². The minimum atomic E-state index is -0.233. The Hall–Kier alpha value is -1.79. The van der Waals surface area contributed by atoms with Crippen molar-refractivity contribution in [2.75, 3.05) is 38.6 Å². The summed E-state index contributed by atoms with van der Waals surface area (Å²) >= 11 is 0. The SMILES string of the molecule is CN(CCNCCc1ccc(O)c2c1OCC(=O)N2)C1CCCCC1. The van der Waals surface area contributed by atoms with Gasteiger partial charge in [0.05, 0.1) is 0 Å². The number of rotatable bonds is 7.